The van der Waals surface area contributed by atoms with Gasteiger partial charge in [0, 0.05) is 0 Å². The van der Waals surface area contributed by atoms with Gasteiger partial charge in [-0.25, -0.2) is 0 Å². The summed E-state index contributed by atoms with van der Waals surface area (Å²) in [5.41, 5.74) is 7.07. The average molecular weight is 190 g/mol. The molecule has 1 aliphatic rings. The fourth-order valence-electron chi connectivity index (χ4n) is 2.25. The van der Waals surface area contributed by atoms with Gasteiger partial charge in [0.1, 0.15) is 5.54 Å². The van der Waals surface area contributed by atoms with Crippen molar-refractivity contribution < 1.29 is 4.79 Å². The highest BCUT2D eigenvalue weighted by Gasteiger charge is 2.42. The molecule has 0 spiro atoms. The Hall–Kier alpha value is -1.35. The zero-order chi connectivity index (χ0) is 10.2. The van der Waals surface area contributed by atoms with Gasteiger partial charge in [0.25, 0.3) is 0 Å². The van der Waals surface area contributed by atoms with E-state index in [0.717, 1.165) is 18.4 Å². The van der Waals surface area contributed by atoms with Gasteiger partial charge in [0.05, 0.1) is 0 Å². The number of nitrogens with two attached hydrogens (primary N) is 1. The van der Waals surface area contributed by atoms with Crippen LogP contribution < -0.4 is 11.1 Å². The predicted molar refractivity (Wildman–Crippen MR) is 54.7 cm³/mol. The maximum atomic E-state index is 11.5. The largest absolute Gasteiger partial charge is 0.368 e. The van der Waals surface area contributed by atoms with Crippen molar-refractivity contribution in [3.8, 4) is 0 Å². The number of carbonyl (C=O) groups excluding carboxylic acids is 1. The van der Waals surface area contributed by atoms with Crippen LogP contribution in [0.15, 0.2) is 24.3 Å². The van der Waals surface area contributed by atoms with Gasteiger partial charge in [-0.05, 0) is 31.0 Å². The van der Waals surface area contributed by atoms with Crippen LogP contribution in [0.3, 0.4) is 0 Å². The number of benzene rings is 1. The highest BCUT2D eigenvalue weighted by atomic mass is 16.1. The number of nitrogens with one attached hydrogen (secondary N) is 1. The molecule has 0 aliphatic heterocycles. The third-order valence-electron chi connectivity index (χ3n) is 3.09. The molecule has 3 N–H and O–H groups in total. The summed E-state index contributed by atoms with van der Waals surface area (Å²) in [5.74, 6) is -0.287. The van der Waals surface area contributed by atoms with Crippen LogP contribution in [-0.4, -0.2) is 13.0 Å². The maximum absolute atomic E-state index is 11.5. The Balaban J connectivity index is 2.55. The average Bonchev–Trinajstić information content (AvgIpc) is 2.57. The minimum Gasteiger partial charge on any atom is -0.368 e. The molecule has 2 rings (SSSR count). The van der Waals surface area contributed by atoms with Crippen molar-refractivity contribution in [2.45, 2.75) is 18.4 Å². The van der Waals surface area contributed by atoms with Gasteiger partial charge in [-0.2, -0.15) is 0 Å². The van der Waals surface area contributed by atoms with E-state index in [1.54, 1.807) is 7.05 Å². The predicted octanol–water partition coefficient (Wildman–Crippen LogP) is 0.533. The summed E-state index contributed by atoms with van der Waals surface area (Å²) in [6.07, 6.45) is 1.68. The van der Waals surface area contributed by atoms with Gasteiger partial charge in [0.2, 0.25) is 5.91 Å². The molecule has 0 saturated carbocycles. The van der Waals surface area contributed by atoms with Crippen LogP contribution in [0, 0.1) is 0 Å². The van der Waals surface area contributed by atoms with Crippen LogP contribution in [0.1, 0.15) is 17.5 Å². The fourth-order valence-corrected chi connectivity index (χ4v) is 2.25. The molecule has 1 amide bonds. The third kappa shape index (κ3) is 1.06. The zero-order valence-corrected chi connectivity index (χ0v) is 8.21. The number of aryl methyl sites for hydroxylation is 1. The molecule has 14 heavy (non-hydrogen) atoms. The molecule has 0 bridgehead atoms. The van der Waals surface area contributed by atoms with Crippen LogP contribution in [0.5, 0.6) is 0 Å². The van der Waals surface area contributed by atoms with Crippen molar-refractivity contribution in [1.29, 1.82) is 0 Å². The SMILES string of the molecule is CNC1(C(N)=O)CCc2ccccc21. The second kappa shape index (κ2) is 3.10. The Morgan fingerprint density at radius 1 is 1.50 bits per heavy atom. The number of primary amides is 1. The van der Waals surface area contributed by atoms with E-state index in [9.17, 15) is 4.79 Å². The van der Waals surface area contributed by atoms with Crippen molar-refractivity contribution in [3.05, 3.63) is 35.4 Å². The Morgan fingerprint density at radius 2 is 2.21 bits per heavy atom. The molecule has 0 heterocycles. The summed E-state index contributed by atoms with van der Waals surface area (Å²) in [5, 5.41) is 3.06. The molecule has 1 unspecified atom stereocenters. The van der Waals surface area contributed by atoms with Crippen LogP contribution in [0.2, 0.25) is 0 Å². The topological polar surface area (TPSA) is 55.1 Å². The summed E-state index contributed by atoms with van der Waals surface area (Å²) >= 11 is 0. The van der Waals surface area contributed by atoms with Gasteiger partial charge in [-0.3, -0.25) is 4.79 Å². The summed E-state index contributed by atoms with van der Waals surface area (Å²) in [6.45, 7) is 0. The molecular formula is C11H14N2O. The van der Waals surface area contributed by atoms with E-state index in [2.05, 4.69) is 11.4 Å². The fraction of sp³-hybridized carbons (Fsp3) is 0.364. The van der Waals surface area contributed by atoms with E-state index >= 15 is 0 Å². The van der Waals surface area contributed by atoms with Crippen molar-refractivity contribution in [2.24, 2.45) is 5.73 Å². The van der Waals surface area contributed by atoms with Gasteiger partial charge in [-0.15, -0.1) is 0 Å². The molecule has 1 atom stereocenters. The van der Waals surface area contributed by atoms with Crippen molar-refractivity contribution in [3.63, 3.8) is 0 Å². The quantitative estimate of drug-likeness (QED) is 0.715. The first kappa shape index (κ1) is 9.21. The van der Waals surface area contributed by atoms with Crippen LogP contribution >= 0.6 is 0 Å². The summed E-state index contributed by atoms with van der Waals surface area (Å²) in [6, 6.07) is 7.96. The maximum Gasteiger partial charge on any atom is 0.242 e. The number of carbonyl (C=O) groups is 1. The van der Waals surface area contributed by atoms with Crippen LogP contribution in [0.25, 0.3) is 0 Å². The lowest BCUT2D eigenvalue weighted by molar-refractivity contribution is -0.124. The first-order chi connectivity index (χ1) is 6.70. The van der Waals surface area contributed by atoms with Crippen LogP contribution in [-0.2, 0) is 16.8 Å². The minimum absolute atomic E-state index is 0.287. The van der Waals surface area contributed by atoms with Gasteiger partial charge in [-0.1, -0.05) is 24.3 Å². The van der Waals surface area contributed by atoms with Crippen molar-refractivity contribution >= 4 is 5.91 Å². The Bertz CT molecular complexity index is 375. The Labute approximate surface area is 83.3 Å². The second-order valence-corrected chi connectivity index (χ2v) is 3.68. The number of hydrogen-bond donors (Lipinski definition) is 2. The number of hydrogen-bond acceptors (Lipinski definition) is 2. The van der Waals surface area contributed by atoms with E-state index < -0.39 is 5.54 Å². The molecule has 0 radical (unpaired) electrons. The monoisotopic (exact) mass is 190 g/mol. The molecule has 1 aromatic carbocycles. The lowest BCUT2D eigenvalue weighted by Gasteiger charge is -2.25. The lowest BCUT2D eigenvalue weighted by atomic mass is 9.91. The molecule has 1 aromatic rings. The first-order valence-electron chi connectivity index (χ1n) is 4.78. The normalized spacial score (nSPS) is 24.6. The van der Waals surface area contributed by atoms with E-state index in [0.29, 0.717) is 0 Å². The number of amides is 1. The molecule has 1 aliphatic carbocycles. The molecule has 0 fully saturated rings. The number of fused-ring (bicyclic) bond motifs is 1. The van der Waals surface area contributed by atoms with E-state index in [1.807, 2.05) is 18.2 Å². The molecule has 3 nitrogen and oxygen atoms in total. The minimum atomic E-state index is -0.642. The molecule has 0 aromatic heterocycles. The number of likely N-dealkylation sites (N-methyl/N-ethyl adjacent to an activating group) is 1. The summed E-state index contributed by atoms with van der Waals surface area (Å²) in [7, 11) is 1.78. The van der Waals surface area contributed by atoms with E-state index in [-0.39, 0.29) is 5.91 Å². The van der Waals surface area contributed by atoms with E-state index in [1.165, 1.54) is 5.56 Å². The van der Waals surface area contributed by atoms with Crippen molar-refractivity contribution in [1.82, 2.24) is 5.32 Å². The highest BCUT2D eigenvalue weighted by molar-refractivity contribution is 5.87. The highest BCUT2D eigenvalue weighted by Crippen LogP contribution is 2.36. The van der Waals surface area contributed by atoms with Crippen LogP contribution in [0.4, 0.5) is 0 Å². The third-order valence-corrected chi connectivity index (χ3v) is 3.09. The lowest BCUT2D eigenvalue weighted by Crippen LogP contribution is -2.49. The van der Waals surface area contributed by atoms with Gasteiger partial charge in [0.15, 0.2) is 0 Å². The molecule has 74 valence electrons. The first-order valence-corrected chi connectivity index (χ1v) is 4.78. The second-order valence-electron chi connectivity index (χ2n) is 3.68. The van der Waals surface area contributed by atoms with Gasteiger partial charge < -0.3 is 11.1 Å². The molecular weight excluding hydrogens is 176 g/mol. The van der Waals surface area contributed by atoms with Gasteiger partial charge >= 0.3 is 0 Å². The molecule has 0 saturated heterocycles. The Kier molecular flexibility index (Phi) is 2.04. The molecule has 3 heteroatoms. The smallest absolute Gasteiger partial charge is 0.242 e. The summed E-state index contributed by atoms with van der Waals surface area (Å²) < 4.78 is 0. The number of rotatable bonds is 2. The standard InChI is InChI=1S/C11H14N2O/c1-13-11(10(12)14)7-6-8-4-2-3-5-9(8)11/h2-5,13H,6-7H2,1H3,(H2,12,14). The zero-order valence-electron chi connectivity index (χ0n) is 8.21. The van der Waals surface area contributed by atoms with E-state index in [4.69, 9.17) is 5.73 Å². The van der Waals surface area contributed by atoms with Crippen molar-refractivity contribution in [2.75, 3.05) is 7.05 Å². The Morgan fingerprint density at radius 3 is 2.86 bits per heavy atom. The summed E-state index contributed by atoms with van der Waals surface area (Å²) in [4.78, 5) is 11.5.